The molecule has 1 fully saturated rings. The predicted molar refractivity (Wildman–Crippen MR) is 75.9 cm³/mol. The number of aryl methyl sites for hydroxylation is 2. The van der Waals surface area contributed by atoms with Crippen molar-refractivity contribution in [3.05, 3.63) is 39.1 Å². The van der Waals surface area contributed by atoms with Crippen molar-refractivity contribution in [2.45, 2.75) is 45.7 Å². The molecule has 0 radical (unpaired) electrons. The van der Waals surface area contributed by atoms with Gasteiger partial charge >= 0.3 is 0 Å². The van der Waals surface area contributed by atoms with Crippen molar-refractivity contribution in [1.29, 1.82) is 0 Å². The van der Waals surface area contributed by atoms with Gasteiger partial charge in [-0.05, 0) is 32.3 Å². The van der Waals surface area contributed by atoms with Crippen LogP contribution in [0.2, 0.25) is 0 Å². The summed E-state index contributed by atoms with van der Waals surface area (Å²) in [6.45, 7) is 5.70. The minimum Gasteiger partial charge on any atom is -0.295 e. The summed E-state index contributed by atoms with van der Waals surface area (Å²) in [6, 6.07) is 0.695. The monoisotopic (exact) mass is 270 g/mol. The van der Waals surface area contributed by atoms with E-state index in [9.17, 15) is 4.79 Å². The van der Waals surface area contributed by atoms with Crippen LogP contribution < -0.4 is 5.56 Å². The highest BCUT2D eigenvalue weighted by atomic mass is 16.1. The number of hydrogen-bond donors (Lipinski definition) is 0. The van der Waals surface area contributed by atoms with E-state index in [-0.39, 0.29) is 5.56 Å². The molecule has 1 aliphatic heterocycles. The highest BCUT2D eigenvalue weighted by molar-refractivity contribution is 5.37. The van der Waals surface area contributed by atoms with Gasteiger partial charge < -0.3 is 0 Å². The Hall–Kier alpha value is -1.75. The van der Waals surface area contributed by atoms with Crippen molar-refractivity contribution in [3.63, 3.8) is 0 Å². The Labute approximate surface area is 117 Å². The van der Waals surface area contributed by atoms with Gasteiger partial charge in [0.15, 0.2) is 0 Å². The lowest BCUT2D eigenvalue weighted by Crippen LogP contribution is -2.38. The molecule has 0 amide bonds. The van der Waals surface area contributed by atoms with Crippen LogP contribution >= 0.6 is 0 Å². The van der Waals surface area contributed by atoms with Gasteiger partial charge in [-0.3, -0.25) is 14.1 Å². The van der Waals surface area contributed by atoms with Gasteiger partial charge in [0.25, 0.3) is 5.56 Å². The van der Waals surface area contributed by atoms with Crippen LogP contribution in [0.5, 0.6) is 0 Å². The number of aromatic nitrogens is 3. The van der Waals surface area contributed by atoms with Crippen molar-refractivity contribution in [3.8, 4) is 0 Å². The molecular formula is C15H18N4O. The van der Waals surface area contributed by atoms with Crippen LogP contribution in [0.15, 0.2) is 11.0 Å². The largest absolute Gasteiger partial charge is 0.295 e. The first-order valence-corrected chi connectivity index (χ1v) is 7.26. The first kappa shape index (κ1) is 12.0. The maximum atomic E-state index is 12.7. The fourth-order valence-electron chi connectivity index (χ4n) is 2.97. The Morgan fingerprint density at radius 3 is 2.80 bits per heavy atom. The van der Waals surface area contributed by atoms with Gasteiger partial charge in [-0.1, -0.05) is 0 Å². The second kappa shape index (κ2) is 4.12. The number of rotatable bonds is 1. The van der Waals surface area contributed by atoms with Crippen LogP contribution in [-0.2, 0) is 13.0 Å². The van der Waals surface area contributed by atoms with Gasteiger partial charge in [0.1, 0.15) is 0 Å². The SMILES string of the molecule is Cc1cn2c(=O)c3c(nc2nc1C)CCN(C1CC1)C3. The van der Waals surface area contributed by atoms with E-state index in [1.807, 2.05) is 20.0 Å². The van der Waals surface area contributed by atoms with E-state index in [1.165, 1.54) is 12.8 Å². The molecule has 0 bridgehead atoms. The lowest BCUT2D eigenvalue weighted by molar-refractivity contribution is 0.240. The average Bonchev–Trinajstić information content (AvgIpc) is 3.26. The zero-order valence-corrected chi connectivity index (χ0v) is 11.9. The third kappa shape index (κ3) is 1.77. The highest BCUT2D eigenvalue weighted by Crippen LogP contribution is 2.30. The second-order valence-electron chi connectivity index (χ2n) is 5.97. The van der Waals surface area contributed by atoms with E-state index in [2.05, 4.69) is 14.9 Å². The number of nitrogens with zero attached hydrogens (tertiary/aromatic N) is 4. The van der Waals surface area contributed by atoms with Crippen molar-refractivity contribution in [1.82, 2.24) is 19.3 Å². The van der Waals surface area contributed by atoms with Crippen molar-refractivity contribution >= 4 is 5.78 Å². The molecule has 0 atom stereocenters. The normalized spacial score (nSPS) is 19.3. The van der Waals surface area contributed by atoms with Crippen LogP contribution in [0, 0.1) is 13.8 Å². The summed E-state index contributed by atoms with van der Waals surface area (Å²) in [7, 11) is 0. The van der Waals surface area contributed by atoms with Gasteiger partial charge in [-0.2, -0.15) is 0 Å². The zero-order valence-electron chi connectivity index (χ0n) is 11.9. The molecule has 4 rings (SSSR count). The quantitative estimate of drug-likeness (QED) is 0.782. The molecule has 0 spiro atoms. The third-order valence-electron chi connectivity index (χ3n) is 4.50. The van der Waals surface area contributed by atoms with Gasteiger partial charge in [0, 0.05) is 37.4 Å². The van der Waals surface area contributed by atoms with Crippen LogP contribution in [0.3, 0.4) is 0 Å². The molecule has 5 nitrogen and oxygen atoms in total. The van der Waals surface area contributed by atoms with E-state index in [0.717, 1.165) is 42.0 Å². The van der Waals surface area contributed by atoms with Gasteiger partial charge in [-0.15, -0.1) is 0 Å². The molecule has 0 unspecified atom stereocenters. The molecule has 0 saturated heterocycles. The minimum absolute atomic E-state index is 0.0611. The number of fused-ring (bicyclic) bond motifs is 2. The molecule has 0 N–H and O–H groups in total. The Morgan fingerprint density at radius 2 is 2.05 bits per heavy atom. The molecule has 104 valence electrons. The lowest BCUT2D eigenvalue weighted by atomic mass is 10.1. The maximum Gasteiger partial charge on any atom is 0.263 e. The molecule has 3 heterocycles. The molecule has 1 saturated carbocycles. The molecular weight excluding hydrogens is 252 g/mol. The Balaban J connectivity index is 1.90. The smallest absolute Gasteiger partial charge is 0.263 e. The fraction of sp³-hybridized carbons (Fsp3) is 0.533. The molecule has 5 heteroatoms. The maximum absolute atomic E-state index is 12.7. The van der Waals surface area contributed by atoms with Crippen molar-refractivity contribution < 1.29 is 0 Å². The van der Waals surface area contributed by atoms with Gasteiger partial charge in [-0.25, -0.2) is 9.97 Å². The highest BCUT2D eigenvalue weighted by Gasteiger charge is 2.32. The molecule has 20 heavy (non-hydrogen) atoms. The topological polar surface area (TPSA) is 50.5 Å². The summed E-state index contributed by atoms with van der Waals surface area (Å²) >= 11 is 0. The van der Waals surface area contributed by atoms with E-state index in [0.29, 0.717) is 11.8 Å². The van der Waals surface area contributed by atoms with E-state index >= 15 is 0 Å². The first-order valence-electron chi connectivity index (χ1n) is 7.26. The lowest BCUT2D eigenvalue weighted by Gasteiger charge is -2.27. The van der Waals surface area contributed by atoms with Crippen LogP contribution in [0.4, 0.5) is 0 Å². The standard InChI is InChI=1S/C15H18N4O/c1-9-7-19-14(20)12-8-18(11-3-4-11)6-5-13(12)17-15(19)16-10(9)2/h7,11H,3-6,8H2,1-2H3. The number of hydrogen-bond acceptors (Lipinski definition) is 4. The van der Waals surface area contributed by atoms with Crippen LogP contribution in [0.25, 0.3) is 5.78 Å². The summed E-state index contributed by atoms with van der Waals surface area (Å²) in [6.07, 6.45) is 5.28. The Bertz CT molecular complexity index is 761. The van der Waals surface area contributed by atoms with Gasteiger partial charge in [0.05, 0.1) is 11.3 Å². The van der Waals surface area contributed by atoms with Crippen molar-refractivity contribution in [2.24, 2.45) is 0 Å². The predicted octanol–water partition coefficient (Wildman–Crippen LogP) is 1.23. The van der Waals surface area contributed by atoms with Crippen molar-refractivity contribution in [2.75, 3.05) is 6.54 Å². The average molecular weight is 270 g/mol. The van der Waals surface area contributed by atoms with Gasteiger partial charge in [0.2, 0.25) is 5.78 Å². The molecule has 1 aliphatic carbocycles. The second-order valence-corrected chi connectivity index (χ2v) is 5.97. The van der Waals surface area contributed by atoms with Crippen LogP contribution in [0.1, 0.15) is 35.4 Å². The molecule has 2 aromatic heterocycles. The summed E-state index contributed by atoms with van der Waals surface area (Å²) in [5.41, 5.74) is 3.84. The molecule has 2 aliphatic rings. The fourth-order valence-corrected chi connectivity index (χ4v) is 2.97. The summed E-state index contributed by atoms with van der Waals surface area (Å²) in [5.74, 6) is 0.539. The summed E-state index contributed by atoms with van der Waals surface area (Å²) in [4.78, 5) is 24.2. The van der Waals surface area contributed by atoms with E-state index in [1.54, 1.807) is 4.40 Å². The van der Waals surface area contributed by atoms with E-state index < -0.39 is 0 Å². The molecule has 0 aromatic carbocycles. The van der Waals surface area contributed by atoms with Crippen LogP contribution in [-0.4, -0.2) is 31.9 Å². The zero-order chi connectivity index (χ0) is 13.9. The Morgan fingerprint density at radius 1 is 1.25 bits per heavy atom. The summed E-state index contributed by atoms with van der Waals surface area (Å²) in [5, 5.41) is 0. The molecule has 2 aromatic rings. The Kier molecular flexibility index (Phi) is 2.48. The third-order valence-corrected chi connectivity index (χ3v) is 4.50. The summed E-state index contributed by atoms with van der Waals surface area (Å²) < 4.78 is 1.61. The first-order chi connectivity index (χ1) is 9.63. The van der Waals surface area contributed by atoms with E-state index in [4.69, 9.17) is 0 Å². The minimum atomic E-state index is 0.0611.